The third-order valence-electron chi connectivity index (χ3n) is 3.86. The summed E-state index contributed by atoms with van der Waals surface area (Å²) in [6, 6.07) is 4.65. The molecule has 1 N–H and O–H groups in total. The summed E-state index contributed by atoms with van der Waals surface area (Å²) in [6.07, 6.45) is 0.640. The van der Waals surface area contributed by atoms with Gasteiger partial charge in [-0.3, -0.25) is 15.0 Å². The lowest BCUT2D eigenvalue weighted by atomic mass is 10.0. The number of aliphatic hydroxyl groups is 1. The van der Waals surface area contributed by atoms with Crippen LogP contribution in [0.1, 0.15) is 18.9 Å². The minimum absolute atomic E-state index is 0.0760. The SMILES string of the molecule is COc1ccc([N+](=O)[O-])cc1CN1CCC(C(C)O)C1. The van der Waals surface area contributed by atoms with Gasteiger partial charge in [-0.1, -0.05) is 0 Å². The van der Waals surface area contributed by atoms with E-state index in [0.29, 0.717) is 12.3 Å². The van der Waals surface area contributed by atoms with Crippen molar-refractivity contribution in [2.24, 2.45) is 5.92 Å². The van der Waals surface area contributed by atoms with Gasteiger partial charge in [0.1, 0.15) is 5.75 Å². The smallest absolute Gasteiger partial charge is 0.270 e. The number of nitro benzene ring substituents is 1. The van der Waals surface area contributed by atoms with Crippen LogP contribution in [0.3, 0.4) is 0 Å². The van der Waals surface area contributed by atoms with E-state index in [1.807, 2.05) is 6.92 Å². The lowest BCUT2D eigenvalue weighted by Crippen LogP contribution is -2.24. The quantitative estimate of drug-likeness (QED) is 0.657. The molecule has 0 aliphatic carbocycles. The van der Waals surface area contributed by atoms with E-state index in [1.54, 1.807) is 19.2 Å². The van der Waals surface area contributed by atoms with Crippen LogP contribution in [0.4, 0.5) is 5.69 Å². The second-order valence-corrected chi connectivity index (χ2v) is 5.28. The molecular weight excluding hydrogens is 260 g/mol. The van der Waals surface area contributed by atoms with Crippen LogP contribution in [-0.2, 0) is 6.54 Å². The van der Waals surface area contributed by atoms with Gasteiger partial charge in [0.05, 0.1) is 18.1 Å². The van der Waals surface area contributed by atoms with Crippen molar-refractivity contribution in [1.82, 2.24) is 4.90 Å². The first-order valence-corrected chi connectivity index (χ1v) is 6.73. The summed E-state index contributed by atoms with van der Waals surface area (Å²) < 4.78 is 5.27. The normalized spacial score (nSPS) is 20.9. The van der Waals surface area contributed by atoms with E-state index in [4.69, 9.17) is 4.74 Å². The van der Waals surface area contributed by atoms with Crippen LogP contribution in [0.25, 0.3) is 0 Å². The summed E-state index contributed by atoms with van der Waals surface area (Å²) in [7, 11) is 1.56. The van der Waals surface area contributed by atoms with Crippen LogP contribution in [0, 0.1) is 16.0 Å². The highest BCUT2D eigenvalue weighted by atomic mass is 16.6. The molecule has 2 rings (SSSR count). The number of benzene rings is 1. The monoisotopic (exact) mass is 280 g/mol. The Balaban J connectivity index is 2.12. The lowest BCUT2D eigenvalue weighted by molar-refractivity contribution is -0.384. The zero-order valence-corrected chi connectivity index (χ0v) is 11.8. The van der Waals surface area contributed by atoms with Gasteiger partial charge in [0.15, 0.2) is 0 Å². The molecule has 0 spiro atoms. The Kier molecular flexibility index (Phi) is 4.57. The molecule has 6 heteroatoms. The number of rotatable bonds is 5. The molecule has 0 bridgehead atoms. The van der Waals surface area contributed by atoms with E-state index < -0.39 is 4.92 Å². The summed E-state index contributed by atoms with van der Waals surface area (Å²) >= 11 is 0. The summed E-state index contributed by atoms with van der Waals surface area (Å²) in [4.78, 5) is 12.6. The van der Waals surface area contributed by atoms with Crippen molar-refractivity contribution < 1.29 is 14.8 Å². The predicted octanol–water partition coefficient (Wildman–Crippen LogP) is 1.81. The number of aliphatic hydroxyl groups excluding tert-OH is 1. The molecule has 0 amide bonds. The maximum atomic E-state index is 10.8. The van der Waals surface area contributed by atoms with Gasteiger partial charge in [0, 0.05) is 30.8 Å². The minimum Gasteiger partial charge on any atom is -0.496 e. The second-order valence-electron chi connectivity index (χ2n) is 5.28. The molecule has 6 nitrogen and oxygen atoms in total. The molecule has 1 saturated heterocycles. The number of non-ortho nitro benzene ring substituents is 1. The molecule has 1 aliphatic heterocycles. The molecule has 110 valence electrons. The fraction of sp³-hybridized carbons (Fsp3) is 0.571. The standard InChI is InChI=1S/C14H20N2O4/c1-10(17)11-5-6-15(8-11)9-12-7-13(16(18)19)3-4-14(12)20-2/h3-4,7,10-11,17H,5-6,8-9H2,1-2H3. The number of methoxy groups -OCH3 is 1. The van der Waals surface area contributed by atoms with E-state index in [-0.39, 0.29) is 17.7 Å². The van der Waals surface area contributed by atoms with Gasteiger partial charge >= 0.3 is 0 Å². The summed E-state index contributed by atoms with van der Waals surface area (Å²) in [5.74, 6) is 0.941. The third-order valence-corrected chi connectivity index (χ3v) is 3.86. The van der Waals surface area contributed by atoms with Gasteiger partial charge in [-0.2, -0.15) is 0 Å². The third kappa shape index (κ3) is 3.26. The maximum absolute atomic E-state index is 10.8. The molecule has 1 aliphatic rings. The van der Waals surface area contributed by atoms with Gasteiger partial charge < -0.3 is 9.84 Å². The van der Waals surface area contributed by atoms with Crippen LogP contribution in [-0.4, -0.2) is 41.2 Å². The molecule has 0 radical (unpaired) electrons. The molecule has 1 aromatic rings. The average Bonchev–Trinajstić information content (AvgIpc) is 2.87. The topological polar surface area (TPSA) is 75.8 Å². The first-order chi connectivity index (χ1) is 9.51. The van der Waals surface area contributed by atoms with Crippen LogP contribution in [0.2, 0.25) is 0 Å². The Labute approximate surface area is 118 Å². The van der Waals surface area contributed by atoms with Crippen LogP contribution < -0.4 is 4.74 Å². The molecule has 1 heterocycles. The van der Waals surface area contributed by atoms with E-state index in [0.717, 1.165) is 25.1 Å². The van der Waals surface area contributed by atoms with Crippen molar-refractivity contribution in [2.45, 2.75) is 26.0 Å². The zero-order valence-electron chi connectivity index (χ0n) is 11.8. The Morgan fingerprint density at radius 2 is 2.35 bits per heavy atom. The van der Waals surface area contributed by atoms with E-state index in [1.165, 1.54) is 6.07 Å². The van der Waals surface area contributed by atoms with Crippen LogP contribution in [0.5, 0.6) is 5.75 Å². The first kappa shape index (κ1) is 14.7. The number of hydrogen-bond donors (Lipinski definition) is 1. The first-order valence-electron chi connectivity index (χ1n) is 6.73. The highest BCUT2D eigenvalue weighted by molar-refractivity contribution is 5.43. The molecular formula is C14H20N2O4. The van der Waals surface area contributed by atoms with Gasteiger partial charge in [-0.25, -0.2) is 0 Å². The van der Waals surface area contributed by atoms with E-state index >= 15 is 0 Å². The van der Waals surface area contributed by atoms with Crippen molar-refractivity contribution in [1.29, 1.82) is 0 Å². The summed E-state index contributed by atoms with van der Waals surface area (Å²) in [5.41, 5.74) is 0.889. The molecule has 1 fully saturated rings. The van der Waals surface area contributed by atoms with Gasteiger partial charge in [0.2, 0.25) is 0 Å². The molecule has 2 atom stereocenters. The highest BCUT2D eigenvalue weighted by Gasteiger charge is 2.26. The van der Waals surface area contributed by atoms with Gasteiger partial charge in [-0.05, 0) is 31.9 Å². The van der Waals surface area contributed by atoms with E-state index in [2.05, 4.69) is 4.90 Å². The Hall–Kier alpha value is -1.66. The highest BCUT2D eigenvalue weighted by Crippen LogP contribution is 2.28. The molecule has 0 aromatic heterocycles. The number of nitro groups is 1. The lowest BCUT2D eigenvalue weighted by Gasteiger charge is -2.18. The molecule has 0 saturated carbocycles. The number of nitrogens with zero attached hydrogens (tertiary/aromatic N) is 2. The van der Waals surface area contributed by atoms with Crippen molar-refractivity contribution in [3.05, 3.63) is 33.9 Å². The van der Waals surface area contributed by atoms with Crippen LogP contribution in [0.15, 0.2) is 18.2 Å². The van der Waals surface area contributed by atoms with Crippen LogP contribution >= 0.6 is 0 Å². The average molecular weight is 280 g/mol. The Morgan fingerprint density at radius 1 is 1.60 bits per heavy atom. The number of ether oxygens (including phenoxy) is 1. The minimum atomic E-state index is -0.397. The molecule has 20 heavy (non-hydrogen) atoms. The Bertz CT molecular complexity index is 490. The maximum Gasteiger partial charge on any atom is 0.270 e. The largest absolute Gasteiger partial charge is 0.496 e. The molecule has 2 unspecified atom stereocenters. The number of hydrogen-bond acceptors (Lipinski definition) is 5. The van der Waals surface area contributed by atoms with Crippen molar-refractivity contribution in [2.75, 3.05) is 20.2 Å². The summed E-state index contributed by atoms with van der Waals surface area (Å²) in [5, 5.41) is 20.5. The zero-order chi connectivity index (χ0) is 14.7. The molecule has 1 aromatic carbocycles. The van der Waals surface area contributed by atoms with Crippen molar-refractivity contribution in [3.8, 4) is 5.75 Å². The van der Waals surface area contributed by atoms with Gasteiger partial charge in [0.25, 0.3) is 5.69 Å². The number of likely N-dealkylation sites (tertiary alicyclic amines) is 1. The second kappa shape index (κ2) is 6.19. The Morgan fingerprint density at radius 3 is 2.90 bits per heavy atom. The predicted molar refractivity (Wildman–Crippen MR) is 74.7 cm³/mol. The fourth-order valence-electron chi connectivity index (χ4n) is 2.64. The van der Waals surface area contributed by atoms with Gasteiger partial charge in [-0.15, -0.1) is 0 Å². The van der Waals surface area contributed by atoms with E-state index in [9.17, 15) is 15.2 Å². The van der Waals surface area contributed by atoms with Crippen molar-refractivity contribution in [3.63, 3.8) is 0 Å². The fourth-order valence-corrected chi connectivity index (χ4v) is 2.64. The van der Waals surface area contributed by atoms with Crippen molar-refractivity contribution >= 4 is 5.69 Å². The summed E-state index contributed by atoms with van der Waals surface area (Å²) in [6.45, 7) is 4.11.